The summed E-state index contributed by atoms with van der Waals surface area (Å²) >= 11 is 0. The highest BCUT2D eigenvalue weighted by molar-refractivity contribution is 7.89. The van der Waals surface area contributed by atoms with E-state index < -0.39 is 15.6 Å². The number of benzene rings is 1. The Kier molecular flexibility index (Phi) is 4.78. The Morgan fingerprint density at radius 1 is 1.32 bits per heavy atom. The molecule has 0 aliphatic carbocycles. The zero-order chi connectivity index (χ0) is 14.7. The van der Waals surface area contributed by atoms with Crippen molar-refractivity contribution < 1.29 is 13.5 Å². The number of nitrogen functional groups attached to an aromatic ring is 1. The highest BCUT2D eigenvalue weighted by Gasteiger charge is 2.25. The summed E-state index contributed by atoms with van der Waals surface area (Å²) in [5, 5.41) is 17.7. The van der Waals surface area contributed by atoms with Gasteiger partial charge in [-0.05, 0) is 31.0 Å². The minimum Gasteiger partial charge on any atom is -0.397 e. The maximum Gasteiger partial charge on any atom is 0.238 e. The highest BCUT2D eigenvalue weighted by Crippen LogP contribution is 2.28. The molecule has 1 aromatic rings. The molecule has 6 nitrogen and oxygen atoms in total. The summed E-state index contributed by atoms with van der Waals surface area (Å²) in [4.78, 5) is -0.0295. The van der Waals surface area contributed by atoms with Gasteiger partial charge in [-0.2, -0.15) is 0 Å². The van der Waals surface area contributed by atoms with Gasteiger partial charge >= 0.3 is 0 Å². The number of aliphatic hydroxyl groups excluding tert-OH is 1. The molecule has 0 unspecified atom stereocenters. The molecular formula is C12H21N3O3S. The van der Waals surface area contributed by atoms with Crippen molar-refractivity contribution >= 4 is 21.4 Å². The Hall–Kier alpha value is -1.31. The number of sulfonamides is 1. The molecule has 0 aliphatic rings. The average Bonchev–Trinajstić information content (AvgIpc) is 2.37. The second-order valence-electron chi connectivity index (χ2n) is 4.56. The second-order valence-corrected chi connectivity index (χ2v) is 6.13. The normalized spacial score (nSPS) is 12.4. The van der Waals surface area contributed by atoms with Crippen molar-refractivity contribution in [3.63, 3.8) is 0 Å². The van der Waals surface area contributed by atoms with Crippen molar-refractivity contribution in [2.24, 2.45) is 5.14 Å². The van der Waals surface area contributed by atoms with Crippen LogP contribution in [0, 0.1) is 0 Å². The van der Waals surface area contributed by atoms with Crippen LogP contribution in [0.1, 0.15) is 26.7 Å². The van der Waals surface area contributed by atoms with Crippen molar-refractivity contribution in [1.82, 2.24) is 0 Å². The third-order valence-electron chi connectivity index (χ3n) is 3.41. The van der Waals surface area contributed by atoms with E-state index in [0.717, 1.165) is 12.8 Å². The quantitative estimate of drug-likeness (QED) is 0.579. The lowest BCUT2D eigenvalue weighted by molar-refractivity contribution is 0.202. The summed E-state index contributed by atoms with van der Waals surface area (Å²) in [5.74, 6) is 0. The number of hydrogen-bond acceptors (Lipinski definition) is 5. The summed E-state index contributed by atoms with van der Waals surface area (Å²) in [6.07, 6.45) is 1.44. The topological polar surface area (TPSA) is 118 Å². The Morgan fingerprint density at radius 3 is 2.26 bits per heavy atom. The van der Waals surface area contributed by atoms with Crippen LogP contribution in [0.3, 0.4) is 0 Å². The molecule has 0 aromatic heterocycles. The number of nitrogens with one attached hydrogen (secondary N) is 1. The molecule has 0 atom stereocenters. The van der Waals surface area contributed by atoms with Gasteiger partial charge in [0.1, 0.15) is 0 Å². The number of hydrogen-bond donors (Lipinski definition) is 4. The maximum absolute atomic E-state index is 11.2. The lowest BCUT2D eigenvalue weighted by Crippen LogP contribution is -2.41. The predicted molar refractivity (Wildman–Crippen MR) is 76.2 cm³/mol. The zero-order valence-electron chi connectivity index (χ0n) is 11.2. The van der Waals surface area contributed by atoms with E-state index in [9.17, 15) is 13.5 Å². The van der Waals surface area contributed by atoms with E-state index in [1.807, 2.05) is 13.8 Å². The van der Waals surface area contributed by atoms with Gasteiger partial charge < -0.3 is 16.2 Å². The lowest BCUT2D eigenvalue weighted by atomic mass is 9.93. The van der Waals surface area contributed by atoms with Gasteiger partial charge in [0.15, 0.2) is 0 Å². The van der Waals surface area contributed by atoms with Crippen LogP contribution in [0.4, 0.5) is 11.4 Å². The van der Waals surface area contributed by atoms with Crippen LogP contribution in [0.2, 0.25) is 0 Å². The molecule has 19 heavy (non-hydrogen) atoms. The van der Waals surface area contributed by atoms with Crippen molar-refractivity contribution in [2.75, 3.05) is 17.7 Å². The molecule has 108 valence electrons. The van der Waals surface area contributed by atoms with E-state index >= 15 is 0 Å². The first-order valence-corrected chi connectivity index (χ1v) is 7.64. The maximum atomic E-state index is 11.2. The van der Waals surface area contributed by atoms with E-state index in [0.29, 0.717) is 5.69 Å². The molecule has 0 saturated heterocycles. The molecular weight excluding hydrogens is 266 g/mol. The van der Waals surface area contributed by atoms with Gasteiger partial charge in [0.2, 0.25) is 10.0 Å². The molecule has 0 fully saturated rings. The van der Waals surface area contributed by atoms with E-state index in [1.165, 1.54) is 12.1 Å². The SMILES string of the molecule is CCC(CC)(CO)Nc1ccc(S(N)(=O)=O)cc1N. The largest absolute Gasteiger partial charge is 0.397 e. The zero-order valence-corrected chi connectivity index (χ0v) is 12.0. The van der Waals surface area contributed by atoms with Gasteiger partial charge in [-0.1, -0.05) is 13.8 Å². The third kappa shape index (κ3) is 3.59. The Balaban J connectivity index is 3.11. The molecule has 0 saturated carbocycles. The molecule has 0 amide bonds. The van der Waals surface area contributed by atoms with Crippen LogP contribution in [-0.4, -0.2) is 25.7 Å². The van der Waals surface area contributed by atoms with Gasteiger partial charge in [-0.15, -0.1) is 0 Å². The van der Waals surface area contributed by atoms with Crippen LogP contribution in [0.5, 0.6) is 0 Å². The van der Waals surface area contributed by atoms with Crippen LogP contribution in [0.15, 0.2) is 23.1 Å². The smallest absolute Gasteiger partial charge is 0.238 e. The van der Waals surface area contributed by atoms with Gasteiger partial charge in [-0.3, -0.25) is 0 Å². The van der Waals surface area contributed by atoms with Crippen LogP contribution in [-0.2, 0) is 10.0 Å². The first-order chi connectivity index (χ1) is 8.78. The van der Waals surface area contributed by atoms with Gasteiger partial charge in [0.25, 0.3) is 0 Å². The van der Waals surface area contributed by atoms with Gasteiger partial charge in [-0.25, -0.2) is 13.6 Å². The van der Waals surface area contributed by atoms with E-state index in [1.54, 1.807) is 6.07 Å². The molecule has 0 radical (unpaired) electrons. The van der Waals surface area contributed by atoms with Crippen molar-refractivity contribution in [3.8, 4) is 0 Å². The Bertz CT molecular complexity index is 531. The van der Waals surface area contributed by atoms with E-state index in [2.05, 4.69) is 5.32 Å². The Labute approximate surface area is 113 Å². The molecule has 1 rings (SSSR count). The molecule has 0 bridgehead atoms. The van der Waals surface area contributed by atoms with E-state index in [4.69, 9.17) is 10.9 Å². The average molecular weight is 287 g/mol. The fourth-order valence-corrected chi connectivity index (χ4v) is 2.36. The highest BCUT2D eigenvalue weighted by atomic mass is 32.2. The van der Waals surface area contributed by atoms with Crippen molar-refractivity contribution in [3.05, 3.63) is 18.2 Å². The van der Waals surface area contributed by atoms with Gasteiger partial charge in [0, 0.05) is 0 Å². The summed E-state index contributed by atoms with van der Waals surface area (Å²) < 4.78 is 22.4. The molecule has 1 aromatic carbocycles. The third-order valence-corrected chi connectivity index (χ3v) is 4.32. The first kappa shape index (κ1) is 15.7. The fraction of sp³-hybridized carbons (Fsp3) is 0.500. The Morgan fingerprint density at radius 2 is 1.89 bits per heavy atom. The summed E-state index contributed by atoms with van der Waals surface area (Å²) in [7, 11) is -3.76. The number of nitrogens with two attached hydrogens (primary N) is 2. The number of primary sulfonamides is 1. The van der Waals surface area contributed by atoms with E-state index in [-0.39, 0.29) is 17.2 Å². The number of aliphatic hydroxyl groups is 1. The predicted octanol–water partition coefficient (Wildman–Crippen LogP) is 0.879. The second kappa shape index (κ2) is 5.77. The summed E-state index contributed by atoms with van der Waals surface area (Å²) in [6, 6.07) is 4.26. The lowest BCUT2D eigenvalue weighted by Gasteiger charge is -2.32. The minimum absolute atomic E-state index is 0.0295. The van der Waals surface area contributed by atoms with Crippen molar-refractivity contribution in [1.29, 1.82) is 0 Å². The standard InChI is InChI=1S/C12H21N3O3S/c1-3-12(4-2,8-16)15-11-6-5-9(7-10(11)13)19(14,17)18/h5-7,15-16H,3-4,8,13H2,1-2H3,(H2,14,17,18). The number of anilines is 2. The molecule has 0 spiro atoms. The van der Waals surface area contributed by atoms with Gasteiger partial charge in [0.05, 0.1) is 28.4 Å². The molecule has 7 heteroatoms. The molecule has 6 N–H and O–H groups in total. The van der Waals surface area contributed by atoms with Crippen LogP contribution in [0.25, 0.3) is 0 Å². The van der Waals surface area contributed by atoms with Crippen LogP contribution >= 0.6 is 0 Å². The monoisotopic (exact) mass is 287 g/mol. The molecule has 0 aliphatic heterocycles. The number of rotatable bonds is 6. The first-order valence-electron chi connectivity index (χ1n) is 6.09. The summed E-state index contributed by atoms with van der Waals surface area (Å²) in [6.45, 7) is 3.89. The minimum atomic E-state index is -3.76. The van der Waals surface area contributed by atoms with Crippen molar-refractivity contribution in [2.45, 2.75) is 37.1 Å². The van der Waals surface area contributed by atoms with Crippen LogP contribution < -0.4 is 16.2 Å². The summed E-state index contributed by atoms with van der Waals surface area (Å²) in [5.41, 5.74) is 6.24. The molecule has 0 heterocycles. The fourth-order valence-electron chi connectivity index (χ4n) is 1.81.